The van der Waals surface area contributed by atoms with Crippen molar-refractivity contribution in [2.45, 2.75) is 5.22 Å². The third-order valence-corrected chi connectivity index (χ3v) is 6.38. The molecule has 0 spiro atoms. The minimum absolute atomic E-state index is 0.0303. The fourth-order valence-corrected chi connectivity index (χ4v) is 4.78. The molecule has 4 aromatic carbocycles. The van der Waals surface area contributed by atoms with Gasteiger partial charge >= 0.3 is 0 Å². The molecule has 0 N–H and O–H groups in total. The van der Waals surface area contributed by atoms with E-state index in [9.17, 15) is 4.79 Å². The molecule has 32 heavy (non-hydrogen) atoms. The molecule has 0 bridgehead atoms. The van der Waals surface area contributed by atoms with Crippen molar-refractivity contribution in [1.82, 2.24) is 14.8 Å². The zero-order chi connectivity index (χ0) is 21.5. The molecule has 2 heterocycles. The van der Waals surface area contributed by atoms with E-state index in [1.807, 2.05) is 78.9 Å². The van der Waals surface area contributed by atoms with Crippen molar-refractivity contribution in [1.29, 1.82) is 0 Å². The van der Waals surface area contributed by atoms with E-state index >= 15 is 0 Å². The van der Waals surface area contributed by atoms with Crippen molar-refractivity contribution in [3.8, 4) is 11.5 Å². The summed E-state index contributed by atoms with van der Waals surface area (Å²) in [6.45, 7) is 0. The standard InChI is InChI=1S/C26H17N3O2S/c30-24(29-22-14-5-3-11-19(22)20-12-4-6-15-23(20)29)16-32-26-28-27-25(31-26)21-13-7-9-17-8-1-2-10-18(17)21/h1-15H,16H2. The highest BCUT2D eigenvalue weighted by molar-refractivity contribution is 7.99. The minimum atomic E-state index is -0.0303. The van der Waals surface area contributed by atoms with Crippen LogP contribution < -0.4 is 0 Å². The van der Waals surface area contributed by atoms with E-state index in [1.165, 1.54) is 11.8 Å². The second-order valence-electron chi connectivity index (χ2n) is 7.45. The van der Waals surface area contributed by atoms with Gasteiger partial charge in [-0.3, -0.25) is 9.36 Å². The van der Waals surface area contributed by atoms with Crippen molar-refractivity contribution in [2.24, 2.45) is 0 Å². The summed E-state index contributed by atoms with van der Waals surface area (Å²) in [4.78, 5) is 13.2. The maximum Gasteiger partial charge on any atom is 0.277 e. The van der Waals surface area contributed by atoms with E-state index in [0.29, 0.717) is 11.1 Å². The Hall–Kier alpha value is -3.90. The first kappa shape index (κ1) is 18.8. The average Bonchev–Trinajstić information content (AvgIpc) is 3.45. The molecular weight excluding hydrogens is 418 g/mol. The van der Waals surface area contributed by atoms with Crippen LogP contribution >= 0.6 is 11.8 Å². The zero-order valence-corrected chi connectivity index (χ0v) is 17.8. The molecule has 6 aromatic rings. The van der Waals surface area contributed by atoms with Crippen LogP contribution in [-0.4, -0.2) is 26.4 Å². The van der Waals surface area contributed by atoms with E-state index in [2.05, 4.69) is 22.3 Å². The van der Waals surface area contributed by atoms with Gasteiger partial charge in [0, 0.05) is 16.3 Å². The molecule has 0 fully saturated rings. The maximum absolute atomic E-state index is 13.2. The first-order valence-electron chi connectivity index (χ1n) is 10.3. The highest BCUT2D eigenvalue weighted by atomic mass is 32.2. The van der Waals surface area contributed by atoms with Crippen LogP contribution in [0.3, 0.4) is 0 Å². The molecule has 6 heteroatoms. The summed E-state index contributed by atoms with van der Waals surface area (Å²) in [7, 11) is 0. The summed E-state index contributed by atoms with van der Waals surface area (Å²) < 4.78 is 7.68. The molecule has 0 atom stereocenters. The molecule has 0 aliphatic rings. The topological polar surface area (TPSA) is 60.9 Å². The summed E-state index contributed by atoms with van der Waals surface area (Å²) in [6.07, 6.45) is 0. The lowest BCUT2D eigenvalue weighted by atomic mass is 10.0. The third kappa shape index (κ3) is 3.08. The van der Waals surface area contributed by atoms with Gasteiger partial charge in [0.15, 0.2) is 0 Å². The Morgan fingerprint density at radius 2 is 1.38 bits per heavy atom. The molecular formula is C26H17N3O2S. The van der Waals surface area contributed by atoms with Gasteiger partial charge in [-0.05, 0) is 29.0 Å². The fourth-order valence-electron chi connectivity index (χ4n) is 4.17. The molecule has 154 valence electrons. The average molecular weight is 436 g/mol. The number of hydrogen-bond donors (Lipinski definition) is 0. The second kappa shape index (κ2) is 7.66. The molecule has 0 aliphatic heterocycles. The number of fused-ring (bicyclic) bond motifs is 4. The van der Waals surface area contributed by atoms with Gasteiger partial charge in [0.25, 0.3) is 5.22 Å². The molecule has 0 saturated heterocycles. The van der Waals surface area contributed by atoms with Gasteiger partial charge in [0.05, 0.1) is 16.8 Å². The van der Waals surface area contributed by atoms with Crippen molar-refractivity contribution < 1.29 is 9.21 Å². The number of aromatic nitrogens is 3. The van der Waals surface area contributed by atoms with Crippen LogP contribution in [0.4, 0.5) is 0 Å². The number of hydrogen-bond acceptors (Lipinski definition) is 5. The molecule has 6 rings (SSSR count). The fraction of sp³-hybridized carbons (Fsp3) is 0.0385. The van der Waals surface area contributed by atoms with Crippen LogP contribution in [0.1, 0.15) is 4.79 Å². The highest BCUT2D eigenvalue weighted by Crippen LogP contribution is 2.31. The van der Waals surface area contributed by atoms with Crippen LogP contribution in [0, 0.1) is 0 Å². The number of carbonyl (C=O) groups excluding carboxylic acids is 1. The summed E-state index contributed by atoms with van der Waals surface area (Å²) in [5, 5.41) is 13.1. The van der Waals surface area contributed by atoms with E-state index in [4.69, 9.17) is 4.42 Å². The van der Waals surface area contributed by atoms with Gasteiger partial charge in [0.2, 0.25) is 11.8 Å². The molecule has 0 aliphatic carbocycles. The Kier molecular flexibility index (Phi) is 4.51. The molecule has 0 unspecified atom stereocenters. The number of para-hydroxylation sites is 2. The summed E-state index contributed by atoms with van der Waals surface area (Å²) >= 11 is 1.25. The highest BCUT2D eigenvalue weighted by Gasteiger charge is 2.18. The number of nitrogens with zero attached hydrogens (tertiary/aromatic N) is 3. The van der Waals surface area contributed by atoms with Crippen LogP contribution in [0.25, 0.3) is 44.0 Å². The Balaban J connectivity index is 1.29. The third-order valence-electron chi connectivity index (χ3n) is 5.58. The Bertz CT molecular complexity index is 1560. The zero-order valence-electron chi connectivity index (χ0n) is 16.9. The van der Waals surface area contributed by atoms with Crippen molar-refractivity contribution in [3.05, 3.63) is 91.0 Å². The molecule has 5 nitrogen and oxygen atoms in total. The van der Waals surface area contributed by atoms with Gasteiger partial charge < -0.3 is 4.42 Å². The lowest BCUT2D eigenvalue weighted by molar-refractivity contribution is 0.0951. The van der Waals surface area contributed by atoms with E-state index in [-0.39, 0.29) is 11.7 Å². The second-order valence-corrected chi connectivity index (χ2v) is 8.38. The van der Waals surface area contributed by atoms with Gasteiger partial charge in [-0.1, -0.05) is 84.6 Å². The molecule has 0 saturated carbocycles. The Labute approximate surface area is 187 Å². The number of thioether (sulfide) groups is 1. The Morgan fingerprint density at radius 3 is 2.12 bits per heavy atom. The quantitative estimate of drug-likeness (QED) is 0.299. The number of carbonyl (C=O) groups is 1. The van der Waals surface area contributed by atoms with E-state index in [1.54, 1.807) is 4.57 Å². The smallest absolute Gasteiger partial charge is 0.277 e. The summed E-state index contributed by atoms with van der Waals surface area (Å²) in [6, 6.07) is 30.0. The van der Waals surface area contributed by atoms with Gasteiger partial charge in [-0.15, -0.1) is 10.2 Å². The van der Waals surface area contributed by atoms with Crippen molar-refractivity contribution >= 4 is 50.2 Å². The van der Waals surface area contributed by atoms with Crippen LogP contribution in [0.15, 0.2) is 101 Å². The van der Waals surface area contributed by atoms with Crippen LogP contribution in [0.5, 0.6) is 0 Å². The predicted octanol–water partition coefficient (Wildman–Crippen LogP) is 6.43. The SMILES string of the molecule is O=C(CSc1nnc(-c2cccc3ccccc23)o1)n1c2ccccc2c2ccccc21. The molecule has 0 amide bonds. The minimum Gasteiger partial charge on any atom is -0.411 e. The maximum atomic E-state index is 13.2. The van der Waals surface area contributed by atoms with Gasteiger partial charge in [-0.2, -0.15) is 0 Å². The normalized spacial score (nSPS) is 11.5. The van der Waals surface area contributed by atoms with Crippen molar-refractivity contribution in [2.75, 3.05) is 5.75 Å². The van der Waals surface area contributed by atoms with Crippen molar-refractivity contribution in [3.63, 3.8) is 0 Å². The van der Waals surface area contributed by atoms with Crippen LogP contribution in [-0.2, 0) is 0 Å². The largest absolute Gasteiger partial charge is 0.411 e. The predicted molar refractivity (Wildman–Crippen MR) is 128 cm³/mol. The lowest BCUT2D eigenvalue weighted by Gasteiger charge is -2.04. The van der Waals surface area contributed by atoms with Crippen LogP contribution in [0.2, 0.25) is 0 Å². The van der Waals surface area contributed by atoms with Gasteiger partial charge in [-0.25, -0.2) is 0 Å². The molecule has 2 aromatic heterocycles. The Morgan fingerprint density at radius 1 is 0.750 bits per heavy atom. The summed E-state index contributed by atoms with van der Waals surface area (Å²) in [5.74, 6) is 0.616. The number of benzene rings is 4. The van der Waals surface area contributed by atoms with E-state index in [0.717, 1.165) is 38.1 Å². The lowest BCUT2D eigenvalue weighted by Crippen LogP contribution is -2.12. The summed E-state index contributed by atoms with van der Waals surface area (Å²) in [5.41, 5.74) is 2.69. The van der Waals surface area contributed by atoms with Gasteiger partial charge in [0.1, 0.15) is 0 Å². The number of rotatable bonds is 4. The first-order chi connectivity index (χ1) is 15.8. The molecule has 0 radical (unpaired) electrons. The first-order valence-corrected chi connectivity index (χ1v) is 11.2. The monoisotopic (exact) mass is 435 g/mol. The van der Waals surface area contributed by atoms with E-state index < -0.39 is 0 Å².